The molecule has 2 heterocycles. The molecule has 1 saturated heterocycles. The largest absolute Gasteiger partial charge is 0.358 e. The van der Waals surface area contributed by atoms with Crippen molar-refractivity contribution in [1.29, 1.82) is 0 Å². The lowest BCUT2D eigenvalue weighted by Crippen LogP contribution is -2.44. The molecule has 1 aliphatic rings. The van der Waals surface area contributed by atoms with E-state index in [1.54, 1.807) is 0 Å². The molecule has 2 rings (SSSR count). The van der Waals surface area contributed by atoms with Gasteiger partial charge in [0.05, 0.1) is 6.54 Å². The Kier molecular flexibility index (Phi) is 2.69. The van der Waals surface area contributed by atoms with Gasteiger partial charge in [0.2, 0.25) is 0 Å². The molecule has 0 spiro atoms. The first-order valence-electron chi connectivity index (χ1n) is 4.89. The van der Waals surface area contributed by atoms with Crippen LogP contribution in [0.3, 0.4) is 0 Å². The first-order chi connectivity index (χ1) is 6.79. The molecule has 0 atom stereocenters. The van der Waals surface area contributed by atoms with Crippen LogP contribution in [0.15, 0.2) is 10.6 Å². The molecule has 1 fully saturated rings. The van der Waals surface area contributed by atoms with Gasteiger partial charge in [0.1, 0.15) is 0 Å². The van der Waals surface area contributed by atoms with E-state index in [0.717, 1.165) is 37.8 Å². The summed E-state index contributed by atoms with van der Waals surface area (Å²) in [7, 11) is 2.13. The van der Waals surface area contributed by atoms with Crippen molar-refractivity contribution < 1.29 is 4.52 Å². The third-order valence-electron chi connectivity index (χ3n) is 2.57. The van der Waals surface area contributed by atoms with Gasteiger partial charge >= 0.3 is 0 Å². The summed E-state index contributed by atoms with van der Waals surface area (Å²) in [6.07, 6.45) is 0. The summed E-state index contributed by atoms with van der Waals surface area (Å²) in [6.45, 7) is 4.58. The van der Waals surface area contributed by atoms with Gasteiger partial charge in [0.15, 0.2) is 11.6 Å². The smallest absolute Gasteiger partial charge is 0.172 e. The summed E-state index contributed by atoms with van der Waals surface area (Å²) in [5, 5.41) is 3.99. The predicted octanol–water partition coefficient (Wildman–Crippen LogP) is -0.115. The molecule has 0 bridgehead atoms. The van der Waals surface area contributed by atoms with E-state index in [1.165, 1.54) is 0 Å². The number of nitrogens with two attached hydrogens (primary N) is 1. The number of hydrogen-bond acceptors (Lipinski definition) is 5. The van der Waals surface area contributed by atoms with Crippen LogP contribution in [0.5, 0.6) is 0 Å². The van der Waals surface area contributed by atoms with Crippen molar-refractivity contribution in [2.45, 2.75) is 6.54 Å². The minimum Gasteiger partial charge on any atom is -0.358 e. The lowest BCUT2D eigenvalue weighted by Gasteiger charge is -2.31. The summed E-state index contributed by atoms with van der Waals surface area (Å²) < 4.78 is 5.06. The van der Waals surface area contributed by atoms with Crippen molar-refractivity contribution in [3.8, 4) is 0 Å². The second kappa shape index (κ2) is 3.98. The van der Waals surface area contributed by atoms with E-state index in [2.05, 4.69) is 22.0 Å². The van der Waals surface area contributed by atoms with E-state index in [-0.39, 0.29) is 0 Å². The molecule has 0 saturated carbocycles. The van der Waals surface area contributed by atoms with Gasteiger partial charge in [-0.1, -0.05) is 5.16 Å². The average molecular weight is 196 g/mol. The number of aromatic nitrogens is 1. The van der Waals surface area contributed by atoms with Gasteiger partial charge in [-0.05, 0) is 7.05 Å². The van der Waals surface area contributed by atoms with Crippen molar-refractivity contribution >= 4 is 5.82 Å². The topological polar surface area (TPSA) is 58.5 Å². The minimum absolute atomic E-state index is 0.417. The van der Waals surface area contributed by atoms with Crippen molar-refractivity contribution in [1.82, 2.24) is 10.1 Å². The zero-order chi connectivity index (χ0) is 9.97. The van der Waals surface area contributed by atoms with Gasteiger partial charge < -0.3 is 20.1 Å². The number of piperazine rings is 1. The maximum Gasteiger partial charge on any atom is 0.172 e. The van der Waals surface area contributed by atoms with Gasteiger partial charge in [-0.25, -0.2) is 0 Å². The summed E-state index contributed by atoms with van der Waals surface area (Å²) in [5.41, 5.74) is 5.45. The fourth-order valence-corrected chi connectivity index (χ4v) is 1.58. The summed E-state index contributed by atoms with van der Waals surface area (Å²) >= 11 is 0. The molecule has 0 aliphatic carbocycles. The highest BCUT2D eigenvalue weighted by atomic mass is 16.5. The maximum atomic E-state index is 5.45. The highest BCUT2D eigenvalue weighted by molar-refractivity contribution is 5.38. The molecule has 1 aliphatic heterocycles. The molecular formula is C9H16N4O. The molecule has 5 heteroatoms. The van der Waals surface area contributed by atoms with E-state index in [0.29, 0.717) is 6.54 Å². The van der Waals surface area contributed by atoms with E-state index in [9.17, 15) is 0 Å². The van der Waals surface area contributed by atoms with Gasteiger partial charge in [-0.3, -0.25) is 0 Å². The van der Waals surface area contributed by atoms with Crippen LogP contribution in [0.2, 0.25) is 0 Å². The van der Waals surface area contributed by atoms with Crippen molar-refractivity contribution in [2.24, 2.45) is 5.73 Å². The molecule has 1 aromatic heterocycles. The van der Waals surface area contributed by atoms with Gasteiger partial charge in [0, 0.05) is 32.2 Å². The molecule has 2 N–H and O–H groups in total. The minimum atomic E-state index is 0.417. The SMILES string of the molecule is CN1CCN(c2cc(CN)on2)CC1. The third kappa shape index (κ3) is 1.88. The zero-order valence-corrected chi connectivity index (χ0v) is 8.44. The monoisotopic (exact) mass is 196 g/mol. The van der Waals surface area contributed by atoms with E-state index < -0.39 is 0 Å². The van der Waals surface area contributed by atoms with E-state index >= 15 is 0 Å². The Morgan fingerprint density at radius 2 is 2.14 bits per heavy atom. The highest BCUT2D eigenvalue weighted by Gasteiger charge is 2.16. The van der Waals surface area contributed by atoms with Crippen molar-refractivity contribution in [2.75, 3.05) is 38.1 Å². The second-order valence-electron chi connectivity index (χ2n) is 3.65. The normalized spacial score (nSPS) is 18.9. The fraction of sp³-hybridized carbons (Fsp3) is 0.667. The van der Waals surface area contributed by atoms with Crippen LogP contribution in [0.1, 0.15) is 5.76 Å². The lowest BCUT2D eigenvalue weighted by molar-refractivity contribution is 0.309. The number of hydrogen-bond donors (Lipinski definition) is 1. The van der Waals surface area contributed by atoms with Gasteiger partial charge in [-0.2, -0.15) is 0 Å². The van der Waals surface area contributed by atoms with Crippen LogP contribution in [0.4, 0.5) is 5.82 Å². The molecule has 0 aromatic carbocycles. The summed E-state index contributed by atoms with van der Waals surface area (Å²) in [4.78, 5) is 4.53. The van der Waals surface area contributed by atoms with Crippen molar-refractivity contribution in [3.63, 3.8) is 0 Å². The standard InChI is InChI=1S/C9H16N4O/c1-12-2-4-13(5-3-12)9-6-8(7-10)14-11-9/h6H,2-5,7,10H2,1H3. The molecule has 78 valence electrons. The van der Waals surface area contributed by atoms with E-state index in [4.69, 9.17) is 10.3 Å². The first kappa shape index (κ1) is 9.48. The molecule has 0 amide bonds. The highest BCUT2D eigenvalue weighted by Crippen LogP contribution is 2.15. The lowest BCUT2D eigenvalue weighted by atomic mass is 10.3. The van der Waals surface area contributed by atoms with Gasteiger partial charge in [0.25, 0.3) is 0 Å². The Hall–Kier alpha value is -1.07. The Balaban J connectivity index is 2.01. The van der Waals surface area contributed by atoms with Crippen molar-refractivity contribution in [3.05, 3.63) is 11.8 Å². The molecular weight excluding hydrogens is 180 g/mol. The number of anilines is 1. The van der Waals surface area contributed by atoms with Crippen LogP contribution in [0.25, 0.3) is 0 Å². The number of likely N-dealkylation sites (N-methyl/N-ethyl adjacent to an activating group) is 1. The van der Waals surface area contributed by atoms with Crippen LogP contribution < -0.4 is 10.6 Å². The Bertz CT molecular complexity index is 291. The van der Waals surface area contributed by atoms with Crippen LogP contribution in [0, 0.1) is 0 Å². The summed E-state index contributed by atoms with van der Waals surface area (Å²) in [6, 6.07) is 1.92. The molecule has 0 unspecified atom stereocenters. The molecule has 5 nitrogen and oxygen atoms in total. The van der Waals surface area contributed by atoms with Crippen LogP contribution in [-0.4, -0.2) is 43.3 Å². The number of nitrogens with zero attached hydrogens (tertiary/aromatic N) is 3. The Morgan fingerprint density at radius 3 is 2.71 bits per heavy atom. The van der Waals surface area contributed by atoms with Gasteiger partial charge in [-0.15, -0.1) is 0 Å². The Labute approximate surface area is 83.4 Å². The number of rotatable bonds is 2. The van der Waals surface area contributed by atoms with Crippen LogP contribution >= 0.6 is 0 Å². The quantitative estimate of drug-likeness (QED) is 0.715. The second-order valence-corrected chi connectivity index (χ2v) is 3.65. The Morgan fingerprint density at radius 1 is 1.43 bits per heavy atom. The molecule has 14 heavy (non-hydrogen) atoms. The predicted molar refractivity (Wildman–Crippen MR) is 54.1 cm³/mol. The average Bonchev–Trinajstić information content (AvgIpc) is 2.67. The van der Waals surface area contributed by atoms with Crippen LogP contribution in [-0.2, 0) is 6.54 Å². The molecule has 0 radical (unpaired) electrons. The molecule has 1 aromatic rings. The van der Waals surface area contributed by atoms with E-state index in [1.807, 2.05) is 6.07 Å². The maximum absolute atomic E-state index is 5.45. The third-order valence-corrected chi connectivity index (χ3v) is 2.57. The fourth-order valence-electron chi connectivity index (χ4n) is 1.58. The first-order valence-corrected chi connectivity index (χ1v) is 4.89. The zero-order valence-electron chi connectivity index (χ0n) is 8.44. The summed E-state index contributed by atoms with van der Waals surface area (Å²) in [5.74, 6) is 1.66.